The average molecular weight is 264 g/mol. The molecule has 0 bridgehead atoms. The van der Waals surface area contributed by atoms with Gasteiger partial charge in [-0.25, -0.2) is 8.42 Å². The number of rotatable bonds is 3. The summed E-state index contributed by atoms with van der Waals surface area (Å²) in [5.74, 6) is 0. The summed E-state index contributed by atoms with van der Waals surface area (Å²) in [6.07, 6.45) is 4.64. The Balaban J connectivity index is 2.55. The van der Waals surface area contributed by atoms with Gasteiger partial charge in [0.05, 0.1) is 5.25 Å². The molecule has 2 atom stereocenters. The van der Waals surface area contributed by atoms with E-state index in [0.29, 0.717) is 0 Å². The molecule has 18 heavy (non-hydrogen) atoms. The lowest BCUT2D eigenvalue weighted by atomic mass is 9.99. The number of aromatic nitrogens is 1. The summed E-state index contributed by atoms with van der Waals surface area (Å²) in [6, 6.07) is 7.00. The summed E-state index contributed by atoms with van der Waals surface area (Å²) in [7, 11) is -3.16. The van der Waals surface area contributed by atoms with Crippen LogP contribution in [0.2, 0.25) is 0 Å². The molecule has 2 unspecified atom stereocenters. The molecular weight excluding hydrogens is 248 g/mol. The van der Waals surface area contributed by atoms with Gasteiger partial charge in [0.15, 0.2) is 9.84 Å². The van der Waals surface area contributed by atoms with E-state index >= 15 is 0 Å². The van der Waals surface area contributed by atoms with Crippen molar-refractivity contribution in [2.75, 3.05) is 6.26 Å². The van der Waals surface area contributed by atoms with Crippen LogP contribution in [0.15, 0.2) is 36.7 Å². The highest BCUT2D eigenvalue weighted by molar-refractivity contribution is 7.91. The Labute approximate surface area is 107 Å². The van der Waals surface area contributed by atoms with E-state index < -0.39 is 21.1 Å². The minimum atomic E-state index is -3.16. The van der Waals surface area contributed by atoms with Crippen molar-refractivity contribution < 1.29 is 8.42 Å². The fourth-order valence-electron chi connectivity index (χ4n) is 1.96. The van der Waals surface area contributed by atoms with Crippen LogP contribution in [-0.4, -0.2) is 24.9 Å². The van der Waals surface area contributed by atoms with Crippen molar-refractivity contribution in [3.8, 4) is 0 Å². The third kappa shape index (κ3) is 2.37. The summed E-state index contributed by atoms with van der Waals surface area (Å²) in [4.78, 5) is 4.05. The maximum absolute atomic E-state index is 11.6. The van der Waals surface area contributed by atoms with E-state index in [0.717, 1.165) is 16.3 Å². The van der Waals surface area contributed by atoms with Crippen molar-refractivity contribution in [3.63, 3.8) is 0 Å². The molecule has 0 saturated heterocycles. The van der Waals surface area contributed by atoms with Gasteiger partial charge in [-0.05, 0) is 23.9 Å². The van der Waals surface area contributed by atoms with E-state index in [-0.39, 0.29) is 0 Å². The zero-order valence-electron chi connectivity index (χ0n) is 10.4. The molecule has 1 heterocycles. The van der Waals surface area contributed by atoms with Gasteiger partial charge in [0.25, 0.3) is 0 Å². The molecule has 0 aliphatic rings. The van der Waals surface area contributed by atoms with Gasteiger partial charge >= 0.3 is 0 Å². The predicted octanol–water partition coefficient (Wildman–Crippen LogP) is 1.67. The van der Waals surface area contributed by atoms with Gasteiger partial charge in [0.2, 0.25) is 0 Å². The third-order valence-electron chi connectivity index (χ3n) is 3.25. The highest BCUT2D eigenvalue weighted by atomic mass is 32.2. The van der Waals surface area contributed by atoms with Gasteiger partial charge in [-0.1, -0.05) is 18.2 Å². The van der Waals surface area contributed by atoms with E-state index in [9.17, 15) is 8.42 Å². The van der Waals surface area contributed by atoms with E-state index in [1.807, 2.05) is 24.3 Å². The van der Waals surface area contributed by atoms with Crippen LogP contribution in [0.4, 0.5) is 0 Å². The lowest BCUT2D eigenvalue weighted by molar-refractivity contribution is 0.571. The number of benzene rings is 1. The Bertz CT molecular complexity index is 662. The Morgan fingerprint density at radius 3 is 2.67 bits per heavy atom. The summed E-state index contributed by atoms with van der Waals surface area (Å²) in [5.41, 5.74) is 6.93. The molecule has 1 aromatic heterocycles. The summed E-state index contributed by atoms with van der Waals surface area (Å²) < 4.78 is 23.2. The molecule has 2 aromatic rings. The van der Waals surface area contributed by atoms with Crippen LogP contribution in [0.1, 0.15) is 18.5 Å². The van der Waals surface area contributed by atoms with Gasteiger partial charge in [0, 0.05) is 30.1 Å². The van der Waals surface area contributed by atoms with E-state index in [1.165, 1.54) is 6.26 Å². The molecule has 0 amide bonds. The first-order chi connectivity index (χ1) is 8.41. The molecule has 2 N–H and O–H groups in total. The van der Waals surface area contributed by atoms with Crippen LogP contribution in [-0.2, 0) is 9.84 Å². The first kappa shape index (κ1) is 13.0. The number of hydrogen-bond donors (Lipinski definition) is 1. The van der Waals surface area contributed by atoms with Crippen molar-refractivity contribution in [1.82, 2.24) is 4.98 Å². The van der Waals surface area contributed by atoms with E-state index in [1.54, 1.807) is 19.3 Å². The molecule has 0 spiro atoms. The second-order valence-corrected chi connectivity index (χ2v) is 6.91. The smallest absolute Gasteiger partial charge is 0.151 e. The summed E-state index contributed by atoms with van der Waals surface area (Å²) in [6.45, 7) is 1.64. The van der Waals surface area contributed by atoms with Gasteiger partial charge in [0.1, 0.15) is 0 Å². The highest BCUT2D eigenvalue weighted by Gasteiger charge is 2.25. The molecule has 1 aromatic carbocycles. The maximum Gasteiger partial charge on any atom is 0.151 e. The van der Waals surface area contributed by atoms with Crippen molar-refractivity contribution in [1.29, 1.82) is 0 Å². The van der Waals surface area contributed by atoms with Gasteiger partial charge in [-0.15, -0.1) is 0 Å². The second-order valence-electron chi connectivity index (χ2n) is 4.50. The van der Waals surface area contributed by atoms with Crippen LogP contribution in [0.25, 0.3) is 10.8 Å². The number of hydrogen-bond acceptors (Lipinski definition) is 4. The van der Waals surface area contributed by atoms with Crippen molar-refractivity contribution in [2.45, 2.75) is 18.2 Å². The number of pyridine rings is 1. The molecule has 5 heteroatoms. The zero-order chi connectivity index (χ0) is 13.3. The first-order valence-electron chi connectivity index (χ1n) is 5.68. The topological polar surface area (TPSA) is 73.0 Å². The number of sulfone groups is 1. The standard InChI is InChI=1S/C13H16N2O2S/c1-9(18(2,16)17)13(14)12-5-3-4-10-8-15-7-6-11(10)12/h3-9,13H,14H2,1-2H3. The summed E-state index contributed by atoms with van der Waals surface area (Å²) >= 11 is 0. The number of nitrogens with two attached hydrogens (primary N) is 1. The predicted molar refractivity (Wildman–Crippen MR) is 73.0 cm³/mol. The fraction of sp³-hybridized carbons (Fsp3) is 0.308. The van der Waals surface area contributed by atoms with Crippen LogP contribution >= 0.6 is 0 Å². The Kier molecular flexibility index (Phi) is 3.36. The molecule has 0 fully saturated rings. The third-order valence-corrected chi connectivity index (χ3v) is 4.90. The van der Waals surface area contributed by atoms with Crippen molar-refractivity contribution >= 4 is 20.6 Å². The molecule has 96 valence electrons. The number of fused-ring (bicyclic) bond motifs is 1. The second kappa shape index (κ2) is 4.66. The van der Waals surface area contributed by atoms with E-state index in [4.69, 9.17) is 5.73 Å². The van der Waals surface area contributed by atoms with Gasteiger partial charge in [-0.2, -0.15) is 0 Å². The highest BCUT2D eigenvalue weighted by Crippen LogP contribution is 2.26. The monoisotopic (exact) mass is 264 g/mol. The van der Waals surface area contributed by atoms with Crippen LogP contribution in [0.3, 0.4) is 0 Å². The maximum atomic E-state index is 11.6. The molecule has 0 radical (unpaired) electrons. The van der Waals surface area contributed by atoms with Crippen LogP contribution in [0.5, 0.6) is 0 Å². The quantitative estimate of drug-likeness (QED) is 0.915. The van der Waals surface area contributed by atoms with Crippen molar-refractivity contribution in [3.05, 3.63) is 42.2 Å². The molecule has 2 rings (SSSR count). The fourth-order valence-corrected chi connectivity index (χ4v) is 2.64. The lowest BCUT2D eigenvalue weighted by Crippen LogP contribution is -2.30. The largest absolute Gasteiger partial charge is 0.323 e. The number of nitrogens with zero attached hydrogens (tertiary/aromatic N) is 1. The Morgan fingerprint density at radius 2 is 2.00 bits per heavy atom. The molecule has 0 aliphatic carbocycles. The molecule has 4 nitrogen and oxygen atoms in total. The molecule has 0 aliphatic heterocycles. The average Bonchev–Trinajstić information content (AvgIpc) is 2.35. The lowest BCUT2D eigenvalue weighted by Gasteiger charge is -2.20. The normalized spacial score (nSPS) is 15.5. The Hall–Kier alpha value is -1.46. The minimum Gasteiger partial charge on any atom is -0.323 e. The SMILES string of the molecule is CC(C(N)c1cccc2cnccc12)S(C)(=O)=O. The minimum absolute atomic E-state index is 0.536. The van der Waals surface area contributed by atoms with E-state index in [2.05, 4.69) is 4.98 Å². The molecule has 0 saturated carbocycles. The van der Waals surface area contributed by atoms with Crippen LogP contribution in [0, 0.1) is 0 Å². The van der Waals surface area contributed by atoms with Crippen molar-refractivity contribution in [2.24, 2.45) is 5.73 Å². The molecular formula is C13H16N2O2S. The van der Waals surface area contributed by atoms with Crippen LogP contribution < -0.4 is 5.73 Å². The first-order valence-corrected chi connectivity index (χ1v) is 7.64. The van der Waals surface area contributed by atoms with Gasteiger partial charge in [-0.3, -0.25) is 4.98 Å². The Morgan fingerprint density at radius 1 is 1.28 bits per heavy atom. The summed E-state index contributed by atoms with van der Waals surface area (Å²) in [5, 5.41) is 1.30. The van der Waals surface area contributed by atoms with Gasteiger partial charge < -0.3 is 5.73 Å². The zero-order valence-corrected chi connectivity index (χ0v) is 11.2.